The number of morpholine rings is 1. The van der Waals surface area contributed by atoms with Crippen LogP contribution in [-0.2, 0) is 19.5 Å². The van der Waals surface area contributed by atoms with Crippen LogP contribution in [0.25, 0.3) is 0 Å². The highest BCUT2D eigenvalue weighted by Crippen LogP contribution is 2.29. The van der Waals surface area contributed by atoms with Crippen LogP contribution < -0.4 is 10.6 Å². The van der Waals surface area contributed by atoms with Crippen molar-refractivity contribution in [2.75, 3.05) is 50.1 Å². The van der Waals surface area contributed by atoms with Gasteiger partial charge in [-0.25, -0.2) is 8.42 Å². The van der Waals surface area contributed by atoms with Gasteiger partial charge >= 0.3 is 0 Å². The third-order valence-electron chi connectivity index (χ3n) is 5.17. The molecule has 30 heavy (non-hydrogen) atoms. The third-order valence-corrected chi connectivity index (χ3v) is 7.75. The third kappa shape index (κ3) is 4.84. The predicted octanol–water partition coefficient (Wildman–Crippen LogP) is 2.61. The van der Waals surface area contributed by atoms with Crippen molar-refractivity contribution < 1.29 is 22.7 Å². The Morgan fingerprint density at radius 3 is 2.70 bits per heavy atom. The Morgan fingerprint density at radius 2 is 2.00 bits per heavy atom. The van der Waals surface area contributed by atoms with Crippen LogP contribution >= 0.6 is 11.3 Å². The molecule has 0 radical (unpaired) electrons. The maximum Gasteiger partial charge on any atom is 0.256 e. The number of benzene rings is 1. The summed E-state index contributed by atoms with van der Waals surface area (Å²) in [5, 5.41) is 9.74. The van der Waals surface area contributed by atoms with E-state index >= 15 is 0 Å². The standard InChI is InChI=1S/C20H25N3O5S2/c24-20(15-5-11-29-14-15)22-19-12-17(30(25,26)23-6-9-27-10-7-23)3-4-18(19)21-13-16-2-1-8-28-16/h3-5,11-12,14,16,21H,1-2,6-10,13H2,(H,22,24). The molecule has 0 saturated carbocycles. The lowest BCUT2D eigenvalue weighted by atomic mass is 10.2. The van der Waals surface area contributed by atoms with Crippen LogP contribution in [0.4, 0.5) is 11.4 Å². The van der Waals surface area contributed by atoms with Gasteiger partial charge in [-0.15, -0.1) is 0 Å². The lowest BCUT2D eigenvalue weighted by Crippen LogP contribution is -2.40. The molecule has 3 heterocycles. The molecule has 4 rings (SSSR count). The maximum absolute atomic E-state index is 13.1. The van der Waals surface area contributed by atoms with Crippen molar-refractivity contribution in [3.63, 3.8) is 0 Å². The molecule has 2 fully saturated rings. The zero-order chi connectivity index (χ0) is 21.0. The summed E-state index contributed by atoms with van der Waals surface area (Å²) in [6, 6.07) is 6.52. The van der Waals surface area contributed by atoms with Gasteiger partial charge in [-0.05, 0) is 42.5 Å². The number of ether oxygens (including phenoxy) is 2. The lowest BCUT2D eigenvalue weighted by Gasteiger charge is -2.26. The molecule has 0 spiro atoms. The summed E-state index contributed by atoms with van der Waals surface area (Å²) in [5.74, 6) is -0.280. The number of anilines is 2. The number of nitrogens with zero attached hydrogens (tertiary/aromatic N) is 1. The van der Waals surface area contributed by atoms with Gasteiger partial charge in [0.05, 0.1) is 41.2 Å². The number of sulfonamides is 1. The van der Waals surface area contributed by atoms with Gasteiger partial charge < -0.3 is 20.1 Å². The van der Waals surface area contributed by atoms with Gasteiger partial charge in [0.25, 0.3) is 5.91 Å². The second-order valence-corrected chi connectivity index (χ2v) is 9.92. The number of rotatable bonds is 7. The second kappa shape index (κ2) is 9.44. The van der Waals surface area contributed by atoms with Gasteiger partial charge in [-0.1, -0.05) is 0 Å². The fourth-order valence-corrected chi connectivity index (χ4v) is 5.57. The first-order chi connectivity index (χ1) is 14.5. The van der Waals surface area contributed by atoms with Gasteiger partial charge in [0.1, 0.15) is 0 Å². The second-order valence-electron chi connectivity index (χ2n) is 7.21. The fraction of sp³-hybridized carbons (Fsp3) is 0.450. The zero-order valence-corrected chi connectivity index (χ0v) is 18.1. The molecule has 2 aliphatic heterocycles. The van der Waals surface area contributed by atoms with Crippen LogP contribution in [0.3, 0.4) is 0 Å². The van der Waals surface area contributed by atoms with Gasteiger partial charge in [-0.3, -0.25) is 4.79 Å². The molecule has 1 amide bonds. The zero-order valence-electron chi connectivity index (χ0n) is 16.5. The Kier molecular flexibility index (Phi) is 6.69. The van der Waals surface area contributed by atoms with E-state index in [0.717, 1.165) is 19.4 Å². The SMILES string of the molecule is O=C(Nc1cc(S(=O)(=O)N2CCOCC2)ccc1NCC1CCCO1)c1ccsc1. The van der Waals surface area contributed by atoms with Gasteiger partial charge in [0.2, 0.25) is 10.0 Å². The molecule has 1 atom stereocenters. The van der Waals surface area contributed by atoms with E-state index in [-0.39, 0.29) is 16.9 Å². The molecule has 0 bridgehead atoms. The minimum atomic E-state index is -3.67. The highest BCUT2D eigenvalue weighted by molar-refractivity contribution is 7.89. The Morgan fingerprint density at radius 1 is 1.17 bits per heavy atom. The largest absolute Gasteiger partial charge is 0.381 e. The number of nitrogens with one attached hydrogen (secondary N) is 2. The van der Waals surface area contributed by atoms with Crippen LogP contribution in [0.1, 0.15) is 23.2 Å². The fourth-order valence-electron chi connectivity index (χ4n) is 3.49. The van der Waals surface area contributed by atoms with E-state index in [2.05, 4.69) is 10.6 Å². The first-order valence-corrected chi connectivity index (χ1v) is 12.3. The first kappa shape index (κ1) is 21.3. The Balaban J connectivity index is 1.59. The van der Waals surface area contributed by atoms with Crippen LogP contribution in [0, 0.1) is 0 Å². The van der Waals surface area contributed by atoms with Crippen molar-refractivity contribution in [3.05, 3.63) is 40.6 Å². The van der Waals surface area contributed by atoms with Crippen molar-refractivity contribution in [3.8, 4) is 0 Å². The Labute approximate surface area is 180 Å². The van der Waals surface area contributed by atoms with Gasteiger partial charge in [0, 0.05) is 31.6 Å². The summed E-state index contributed by atoms with van der Waals surface area (Å²) in [6.07, 6.45) is 2.12. The topological polar surface area (TPSA) is 97.0 Å². The highest BCUT2D eigenvalue weighted by atomic mass is 32.2. The maximum atomic E-state index is 13.1. The molecule has 8 nitrogen and oxygen atoms in total. The van der Waals surface area contributed by atoms with E-state index < -0.39 is 10.0 Å². The van der Waals surface area contributed by atoms with Gasteiger partial charge in [-0.2, -0.15) is 15.6 Å². The monoisotopic (exact) mass is 451 g/mol. The molecule has 1 aromatic heterocycles. The van der Waals surface area contributed by atoms with Crippen LogP contribution in [0.15, 0.2) is 39.9 Å². The average Bonchev–Trinajstić information content (AvgIpc) is 3.47. The summed E-state index contributed by atoms with van der Waals surface area (Å²) in [6.45, 7) is 2.74. The van der Waals surface area contributed by atoms with Crippen molar-refractivity contribution in [2.24, 2.45) is 0 Å². The quantitative estimate of drug-likeness (QED) is 0.672. The summed E-state index contributed by atoms with van der Waals surface area (Å²) in [5.41, 5.74) is 1.63. The molecule has 2 aromatic rings. The molecule has 162 valence electrons. The van der Waals surface area contributed by atoms with E-state index in [4.69, 9.17) is 9.47 Å². The van der Waals surface area contributed by atoms with E-state index in [9.17, 15) is 13.2 Å². The molecule has 2 saturated heterocycles. The Hall–Kier alpha value is -1.98. The van der Waals surface area contributed by atoms with Crippen LogP contribution in [0.2, 0.25) is 0 Å². The number of hydrogen-bond donors (Lipinski definition) is 2. The lowest BCUT2D eigenvalue weighted by molar-refractivity contribution is 0.0730. The molecular weight excluding hydrogens is 426 g/mol. The number of amides is 1. The summed E-state index contributed by atoms with van der Waals surface area (Å²) >= 11 is 1.43. The van der Waals surface area contributed by atoms with Crippen molar-refractivity contribution in [2.45, 2.75) is 23.8 Å². The molecule has 2 aliphatic rings. The highest BCUT2D eigenvalue weighted by Gasteiger charge is 2.27. The average molecular weight is 452 g/mol. The summed E-state index contributed by atoms with van der Waals surface area (Å²) in [7, 11) is -3.67. The summed E-state index contributed by atoms with van der Waals surface area (Å²) in [4.78, 5) is 12.8. The smallest absolute Gasteiger partial charge is 0.256 e. The van der Waals surface area contributed by atoms with Gasteiger partial charge in [0.15, 0.2) is 0 Å². The molecular formula is C20H25N3O5S2. The van der Waals surface area contributed by atoms with Crippen molar-refractivity contribution in [1.82, 2.24) is 4.31 Å². The van der Waals surface area contributed by atoms with Crippen molar-refractivity contribution in [1.29, 1.82) is 0 Å². The first-order valence-electron chi connectivity index (χ1n) is 9.95. The van der Waals surface area contributed by atoms with Crippen LogP contribution in [-0.4, -0.2) is 64.2 Å². The molecule has 10 heteroatoms. The van der Waals surface area contributed by atoms with E-state index in [1.54, 1.807) is 23.6 Å². The van der Waals surface area contributed by atoms with E-state index in [1.165, 1.54) is 21.7 Å². The van der Waals surface area contributed by atoms with Crippen molar-refractivity contribution >= 4 is 38.6 Å². The molecule has 0 aliphatic carbocycles. The Bertz CT molecular complexity index is 966. The minimum Gasteiger partial charge on any atom is -0.381 e. The number of thiophene rings is 1. The number of carbonyl (C=O) groups excluding carboxylic acids is 1. The molecule has 1 aromatic carbocycles. The summed E-state index contributed by atoms with van der Waals surface area (Å²) < 4.78 is 38.4. The minimum absolute atomic E-state index is 0.113. The predicted molar refractivity (Wildman–Crippen MR) is 116 cm³/mol. The van der Waals surface area contributed by atoms with E-state index in [1.807, 2.05) is 5.38 Å². The molecule has 1 unspecified atom stereocenters. The number of carbonyl (C=O) groups is 1. The number of hydrogen-bond acceptors (Lipinski definition) is 7. The molecule has 2 N–H and O–H groups in total. The van der Waals surface area contributed by atoms with Crippen LogP contribution in [0.5, 0.6) is 0 Å². The van der Waals surface area contributed by atoms with E-state index in [0.29, 0.717) is 49.8 Å². The normalized spacial score (nSPS) is 20.2.